The SMILES string of the molecule is CC[C@@H](C)CCCC/C=C/CCCCCCCOC(C)=O. The maximum Gasteiger partial charge on any atom is 0.302 e. The maximum atomic E-state index is 10.6. The molecule has 0 aliphatic rings. The molecule has 0 aliphatic carbocycles. The zero-order valence-corrected chi connectivity index (χ0v) is 14.5. The van der Waals surface area contributed by atoms with Crippen molar-refractivity contribution in [3.05, 3.63) is 12.2 Å². The third kappa shape index (κ3) is 17.2. The second-order valence-electron chi connectivity index (χ2n) is 6.17. The van der Waals surface area contributed by atoms with Gasteiger partial charge in [-0.25, -0.2) is 0 Å². The van der Waals surface area contributed by atoms with Crippen LogP contribution in [0.3, 0.4) is 0 Å². The normalized spacial score (nSPS) is 12.7. The lowest BCUT2D eigenvalue weighted by Crippen LogP contribution is -1.99. The van der Waals surface area contributed by atoms with E-state index in [0.29, 0.717) is 6.61 Å². The first-order valence-electron chi connectivity index (χ1n) is 8.95. The van der Waals surface area contributed by atoms with E-state index in [9.17, 15) is 4.79 Å². The Bertz CT molecular complexity index is 258. The molecule has 2 heteroatoms. The molecule has 0 bridgehead atoms. The first-order valence-corrected chi connectivity index (χ1v) is 8.95. The Kier molecular flexibility index (Phi) is 15.0. The molecular formula is C19H36O2. The Morgan fingerprint density at radius 1 is 0.952 bits per heavy atom. The van der Waals surface area contributed by atoms with Gasteiger partial charge in [0.05, 0.1) is 6.61 Å². The van der Waals surface area contributed by atoms with E-state index >= 15 is 0 Å². The van der Waals surface area contributed by atoms with E-state index in [2.05, 4.69) is 26.0 Å². The summed E-state index contributed by atoms with van der Waals surface area (Å²) in [5.41, 5.74) is 0. The third-order valence-corrected chi connectivity index (χ3v) is 4.00. The molecule has 21 heavy (non-hydrogen) atoms. The molecule has 2 nitrogen and oxygen atoms in total. The van der Waals surface area contributed by atoms with Crippen LogP contribution in [0.5, 0.6) is 0 Å². The summed E-state index contributed by atoms with van der Waals surface area (Å²) in [6, 6.07) is 0. The van der Waals surface area contributed by atoms with Crippen LogP contribution in [-0.4, -0.2) is 12.6 Å². The third-order valence-electron chi connectivity index (χ3n) is 4.00. The van der Waals surface area contributed by atoms with E-state index in [0.717, 1.165) is 12.3 Å². The highest BCUT2D eigenvalue weighted by Crippen LogP contribution is 2.12. The Morgan fingerprint density at radius 2 is 1.52 bits per heavy atom. The lowest BCUT2D eigenvalue weighted by molar-refractivity contribution is -0.141. The predicted molar refractivity (Wildman–Crippen MR) is 91.4 cm³/mol. The van der Waals surface area contributed by atoms with Gasteiger partial charge in [0.15, 0.2) is 0 Å². The quantitative estimate of drug-likeness (QED) is 0.221. The summed E-state index contributed by atoms with van der Waals surface area (Å²) in [5.74, 6) is 0.735. The summed E-state index contributed by atoms with van der Waals surface area (Å²) in [4.78, 5) is 10.6. The standard InChI is InChI=1S/C19H36O2/c1-4-18(2)16-14-12-10-8-6-5-7-9-11-13-15-17-21-19(3)20/h6,8,18H,4-5,7,9-17H2,1-3H3/b8-6+/t18-/m1/s1. The molecule has 0 aliphatic heterocycles. The molecule has 0 aromatic rings. The lowest BCUT2D eigenvalue weighted by atomic mass is 10.0. The highest BCUT2D eigenvalue weighted by Gasteiger charge is 1.97. The summed E-state index contributed by atoms with van der Waals surface area (Å²) in [5, 5.41) is 0. The van der Waals surface area contributed by atoms with Crippen LogP contribution in [0, 0.1) is 5.92 Å². The van der Waals surface area contributed by atoms with Gasteiger partial charge in [-0.15, -0.1) is 0 Å². The molecule has 0 aromatic heterocycles. The van der Waals surface area contributed by atoms with Gasteiger partial charge in [0.2, 0.25) is 0 Å². The fraction of sp³-hybridized carbons (Fsp3) is 0.842. The van der Waals surface area contributed by atoms with Gasteiger partial charge in [0.1, 0.15) is 0 Å². The smallest absolute Gasteiger partial charge is 0.302 e. The summed E-state index contributed by atoms with van der Waals surface area (Å²) in [6.07, 6.45) is 18.6. The topological polar surface area (TPSA) is 26.3 Å². The Balaban J connectivity index is 3.13. The molecular weight excluding hydrogens is 260 g/mol. The summed E-state index contributed by atoms with van der Waals surface area (Å²) in [7, 11) is 0. The van der Waals surface area contributed by atoms with E-state index < -0.39 is 0 Å². The second kappa shape index (κ2) is 15.6. The average Bonchev–Trinajstić information content (AvgIpc) is 2.46. The molecule has 0 saturated carbocycles. The Morgan fingerprint density at radius 3 is 2.14 bits per heavy atom. The molecule has 0 heterocycles. The minimum atomic E-state index is -0.163. The number of rotatable bonds is 14. The van der Waals surface area contributed by atoms with Gasteiger partial charge < -0.3 is 4.74 Å². The molecule has 0 unspecified atom stereocenters. The number of carbonyl (C=O) groups is 1. The number of hydrogen-bond acceptors (Lipinski definition) is 2. The summed E-state index contributed by atoms with van der Waals surface area (Å²) >= 11 is 0. The van der Waals surface area contributed by atoms with Crippen molar-refractivity contribution in [1.29, 1.82) is 0 Å². The monoisotopic (exact) mass is 296 g/mol. The number of ether oxygens (including phenoxy) is 1. The first kappa shape index (κ1) is 20.2. The highest BCUT2D eigenvalue weighted by molar-refractivity contribution is 5.65. The van der Waals surface area contributed by atoms with Crippen molar-refractivity contribution in [3.63, 3.8) is 0 Å². The highest BCUT2D eigenvalue weighted by atomic mass is 16.5. The van der Waals surface area contributed by atoms with Gasteiger partial charge in [-0.1, -0.05) is 64.5 Å². The number of unbranched alkanes of at least 4 members (excludes halogenated alkanes) is 7. The van der Waals surface area contributed by atoms with Crippen molar-refractivity contribution in [2.45, 2.75) is 91.4 Å². The molecule has 0 amide bonds. The van der Waals surface area contributed by atoms with Crippen LogP contribution in [0.4, 0.5) is 0 Å². The van der Waals surface area contributed by atoms with Crippen LogP contribution in [0.15, 0.2) is 12.2 Å². The fourth-order valence-corrected chi connectivity index (χ4v) is 2.31. The molecule has 0 saturated heterocycles. The molecule has 0 fully saturated rings. The second-order valence-corrected chi connectivity index (χ2v) is 6.17. The average molecular weight is 296 g/mol. The lowest BCUT2D eigenvalue weighted by Gasteiger charge is -2.06. The van der Waals surface area contributed by atoms with E-state index in [-0.39, 0.29) is 5.97 Å². The van der Waals surface area contributed by atoms with Crippen molar-refractivity contribution in [3.8, 4) is 0 Å². The minimum Gasteiger partial charge on any atom is -0.466 e. The van der Waals surface area contributed by atoms with Crippen molar-refractivity contribution < 1.29 is 9.53 Å². The maximum absolute atomic E-state index is 10.6. The molecule has 0 rings (SSSR count). The molecule has 124 valence electrons. The van der Waals surface area contributed by atoms with Gasteiger partial charge in [0.25, 0.3) is 0 Å². The van der Waals surface area contributed by atoms with Gasteiger partial charge in [-0.05, 0) is 38.0 Å². The first-order chi connectivity index (χ1) is 10.2. The molecule has 0 N–H and O–H groups in total. The zero-order valence-electron chi connectivity index (χ0n) is 14.5. The van der Waals surface area contributed by atoms with Crippen LogP contribution >= 0.6 is 0 Å². The van der Waals surface area contributed by atoms with Crippen molar-refractivity contribution >= 4 is 5.97 Å². The summed E-state index contributed by atoms with van der Waals surface area (Å²) in [6.45, 7) is 6.69. The van der Waals surface area contributed by atoms with E-state index in [1.54, 1.807) is 0 Å². The minimum absolute atomic E-state index is 0.163. The van der Waals surface area contributed by atoms with E-state index in [1.165, 1.54) is 71.1 Å². The Labute approximate surface area is 132 Å². The molecule has 0 aromatic carbocycles. The molecule has 0 spiro atoms. The number of esters is 1. The van der Waals surface area contributed by atoms with Crippen molar-refractivity contribution in [1.82, 2.24) is 0 Å². The Hall–Kier alpha value is -0.790. The predicted octanol–water partition coefficient (Wildman–Crippen LogP) is 6.05. The van der Waals surface area contributed by atoms with Crippen LogP contribution < -0.4 is 0 Å². The van der Waals surface area contributed by atoms with E-state index in [1.807, 2.05) is 0 Å². The van der Waals surface area contributed by atoms with Crippen LogP contribution in [0.1, 0.15) is 91.4 Å². The molecule has 0 radical (unpaired) electrons. The van der Waals surface area contributed by atoms with Gasteiger partial charge in [-0.3, -0.25) is 4.79 Å². The van der Waals surface area contributed by atoms with E-state index in [4.69, 9.17) is 4.74 Å². The van der Waals surface area contributed by atoms with Gasteiger partial charge >= 0.3 is 5.97 Å². The van der Waals surface area contributed by atoms with Crippen LogP contribution in [-0.2, 0) is 9.53 Å². The number of hydrogen-bond donors (Lipinski definition) is 0. The van der Waals surface area contributed by atoms with Crippen LogP contribution in [0.25, 0.3) is 0 Å². The van der Waals surface area contributed by atoms with Gasteiger partial charge in [0, 0.05) is 6.92 Å². The van der Waals surface area contributed by atoms with Crippen molar-refractivity contribution in [2.24, 2.45) is 5.92 Å². The largest absolute Gasteiger partial charge is 0.466 e. The van der Waals surface area contributed by atoms with Crippen molar-refractivity contribution in [2.75, 3.05) is 6.61 Å². The van der Waals surface area contributed by atoms with Gasteiger partial charge in [-0.2, -0.15) is 0 Å². The fourth-order valence-electron chi connectivity index (χ4n) is 2.31. The number of carbonyl (C=O) groups excluding carboxylic acids is 1. The van der Waals surface area contributed by atoms with Crippen LogP contribution in [0.2, 0.25) is 0 Å². The summed E-state index contributed by atoms with van der Waals surface area (Å²) < 4.78 is 4.91. The molecule has 1 atom stereocenters. The number of allylic oxidation sites excluding steroid dienone is 2. The zero-order chi connectivity index (χ0) is 15.8.